The normalized spacial score (nSPS) is 19.6. The van der Waals surface area contributed by atoms with Gasteiger partial charge in [0.2, 0.25) is 10.0 Å². The number of hydrogen-bond acceptors (Lipinski definition) is 6. The summed E-state index contributed by atoms with van der Waals surface area (Å²) in [6.07, 6.45) is 9.18. The molecule has 0 amide bonds. The molecule has 0 N–H and O–H groups in total. The fraction of sp³-hybridized carbons (Fsp3) is 0.400. The first kappa shape index (κ1) is 16.0. The molecule has 3 rings (SSSR count). The summed E-state index contributed by atoms with van der Waals surface area (Å²) in [6.45, 7) is 1.14. The van der Waals surface area contributed by atoms with E-state index in [1.54, 1.807) is 36.9 Å². The largest absolute Gasteiger partial charge is 0.378 e. The summed E-state index contributed by atoms with van der Waals surface area (Å²) in [4.78, 5) is 12.4. The summed E-state index contributed by atoms with van der Waals surface area (Å²) in [5.41, 5.74) is 0.844. The summed E-state index contributed by atoms with van der Waals surface area (Å²) < 4.78 is 32.6. The summed E-state index contributed by atoms with van der Waals surface area (Å²) in [5, 5.41) is 0. The van der Waals surface area contributed by atoms with E-state index in [0.29, 0.717) is 32.6 Å². The number of ether oxygens (including phenoxy) is 1. The van der Waals surface area contributed by atoms with Crippen LogP contribution in [0.25, 0.3) is 0 Å². The Hall–Kier alpha value is -1.90. The third-order valence-electron chi connectivity index (χ3n) is 3.76. The summed E-state index contributed by atoms with van der Waals surface area (Å²) in [6, 6.07) is 2.98. The Kier molecular flexibility index (Phi) is 4.94. The smallest absolute Gasteiger partial charge is 0.245 e. The van der Waals surface area contributed by atoms with Crippen molar-refractivity contribution in [1.82, 2.24) is 19.3 Å². The van der Waals surface area contributed by atoms with Crippen LogP contribution in [0.2, 0.25) is 0 Å². The van der Waals surface area contributed by atoms with E-state index in [1.165, 1.54) is 10.5 Å². The minimum absolute atomic E-state index is 0.212. The Labute approximate surface area is 135 Å². The van der Waals surface area contributed by atoms with Crippen molar-refractivity contribution >= 4 is 10.0 Å². The van der Waals surface area contributed by atoms with Crippen molar-refractivity contribution in [3.05, 3.63) is 48.8 Å². The predicted octanol–water partition coefficient (Wildman–Crippen LogP) is 0.894. The Bertz CT molecular complexity index is 725. The first-order valence-electron chi connectivity index (χ1n) is 7.42. The first-order valence-corrected chi connectivity index (χ1v) is 8.86. The second kappa shape index (κ2) is 7.12. The Morgan fingerprint density at radius 3 is 2.83 bits per heavy atom. The number of morpholine rings is 1. The molecule has 23 heavy (non-hydrogen) atoms. The van der Waals surface area contributed by atoms with Crippen LogP contribution in [0.15, 0.2) is 48.0 Å². The average molecular weight is 334 g/mol. The van der Waals surface area contributed by atoms with Crippen molar-refractivity contribution in [1.29, 1.82) is 0 Å². The molecular weight excluding hydrogens is 316 g/mol. The number of rotatable bonds is 5. The maximum absolute atomic E-state index is 12.8. The molecular formula is C15H18N4O3S. The van der Waals surface area contributed by atoms with E-state index in [9.17, 15) is 8.42 Å². The van der Waals surface area contributed by atoms with Gasteiger partial charge in [-0.3, -0.25) is 15.0 Å². The topological polar surface area (TPSA) is 85.3 Å². The molecule has 0 spiro atoms. The molecule has 0 aromatic carbocycles. The maximum Gasteiger partial charge on any atom is 0.245 e. The van der Waals surface area contributed by atoms with Crippen LogP contribution in [-0.4, -0.2) is 53.5 Å². The van der Waals surface area contributed by atoms with Gasteiger partial charge >= 0.3 is 0 Å². The van der Waals surface area contributed by atoms with Gasteiger partial charge in [-0.1, -0.05) is 0 Å². The minimum Gasteiger partial charge on any atom is -0.378 e. The monoisotopic (exact) mass is 334 g/mol. The lowest BCUT2D eigenvalue weighted by atomic mass is 10.1. The Balaban J connectivity index is 1.76. The highest BCUT2D eigenvalue weighted by atomic mass is 32.2. The molecule has 0 radical (unpaired) electrons. The summed E-state index contributed by atoms with van der Waals surface area (Å²) in [7, 11) is -3.56. The molecule has 3 heterocycles. The van der Waals surface area contributed by atoms with E-state index in [4.69, 9.17) is 4.74 Å². The van der Waals surface area contributed by atoms with Gasteiger partial charge in [-0.05, 0) is 25.0 Å². The number of nitrogens with zero attached hydrogens (tertiary/aromatic N) is 4. The predicted molar refractivity (Wildman–Crippen MR) is 83.1 cm³/mol. The number of aryl methyl sites for hydroxylation is 1. The molecule has 7 nitrogen and oxygen atoms in total. The highest BCUT2D eigenvalue weighted by Crippen LogP contribution is 2.22. The third-order valence-corrected chi connectivity index (χ3v) is 5.70. The zero-order valence-corrected chi connectivity index (χ0v) is 13.4. The summed E-state index contributed by atoms with van der Waals surface area (Å²) in [5.74, 6) is 0. The Morgan fingerprint density at radius 1 is 1.22 bits per heavy atom. The highest BCUT2D eigenvalue weighted by molar-refractivity contribution is 7.89. The minimum atomic E-state index is -3.56. The zero-order valence-electron chi connectivity index (χ0n) is 12.6. The standard InChI is InChI=1S/C15H18N4O3S/c20-23(21,15-2-1-5-16-11-15)19-8-9-22-12-14(19)4-3-13-10-17-6-7-18-13/h1-2,5-7,10-11,14H,3-4,8-9,12H2/t14-/m1/s1. The molecule has 1 atom stereocenters. The zero-order chi connectivity index (χ0) is 16.1. The molecule has 2 aromatic rings. The van der Waals surface area contributed by atoms with Crippen molar-refractivity contribution in [2.45, 2.75) is 23.8 Å². The van der Waals surface area contributed by atoms with Gasteiger partial charge in [-0.15, -0.1) is 0 Å². The van der Waals surface area contributed by atoms with Gasteiger partial charge in [-0.2, -0.15) is 4.31 Å². The van der Waals surface area contributed by atoms with Gasteiger partial charge in [0.25, 0.3) is 0 Å². The fourth-order valence-corrected chi connectivity index (χ4v) is 4.18. The molecule has 1 aliphatic heterocycles. The second-order valence-electron chi connectivity index (χ2n) is 5.27. The maximum atomic E-state index is 12.8. The summed E-state index contributed by atoms with van der Waals surface area (Å²) >= 11 is 0. The van der Waals surface area contributed by atoms with Crippen LogP contribution in [0, 0.1) is 0 Å². The second-order valence-corrected chi connectivity index (χ2v) is 7.16. The van der Waals surface area contributed by atoms with Crippen molar-refractivity contribution in [3.8, 4) is 0 Å². The van der Waals surface area contributed by atoms with Crippen LogP contribution in [0.3, 0.4) is 0 Å². The van der Waals surface area contributed by atoms with Crippen LogP contribution in [-0.2, 0) is 21.2 Å². The van der Waals surface area contributed by atoms with Crippen LogP contribution in [0.4, 0.5) is 0 Å². The average Bonchev–Trinajstić information content (AvgIpc) is 2.62. The third kappa shape index (κ3) is 3.72. The van der Waals surface area contributed by atoms with Crippen molar-refractivity contribution in [3.63, 3.8) is 0 Å². The molecule has 1 aliphatic rings. The molecule has 1 fully saturated rings. The molecule has 8 heteroatoms. The van der Waals surface area contributed by atoms with E-state index in [0.717, 1.165) is 5.69 Å². The molecule has 0 unspecified atom stereocenters. The van der Waals surface area contributed by atoms with E-state index < -0.39 is 10.0 Å². The molecule has 122 valence electrons. The molecule has 0 saturated carbocycles. The van der Waals surface area contributed by atoms with Crippen LogP contribution >= 0.6 is 0 Å². The van der Waals surface area contributed by atoms with Crippen molar-refractivity contribution < 1.29 is 13.2 Å². The lowest BCUT2D eigenvalue weighted by molar-refractivity contribution is 0.0297. The van der Waals surface area contributed by atoms with E-state index in [2.05, 4.69) is 15.0 Å². The van der Waals surface area contributed by atoms with Gasteiger partial charge < -0.3 is 4.74 Å². The quantitative estimate of drug-likeness (QED) is 0.807. The van der Waals surface area contributed by atoms with Gasteiger partial charge in [0.05, 0.1) is 18.9 Å². The number of aromatic nitrogens is 3. The van der Waals surface area contributed by atoms with Gasteiger partial charge in [0.15, 0.2) is 0 Å². The van der Waals surface area contributed by atoms with Gasteiger partial charge in [-0.25, -0.2) is 8.42 Å². The van der Waals surface area contributed by atoms with E-state index >= 15 is 0 Å². The fourth-order valence-electron chi connectivity index (χ4n) is 2.59. The first-order chi connectivity index (χ1) is 11.2. The van der Waals surface area contributed by atoms with E-state index in [-0.39, 0.29) is 10.9 Å². The lowest BCUT2D eigenvalue weighted by Gasteiger charge is -2.34. The highest BCUT2D eigenvalue weighted by Gasteiger charge is 2.33. The van der Waals surface area contributed by atoms with Crippen molar-refractivity contribution in [2.24, 2.45) is 0 Å². The molecule has 2 aromatic heterocycles. The number of sulfonamides is 1. The van der Waals surface area contributed by atoms with Gasteiger partial charge in [0, 0.05) is 43.6 Å². The molecule has 0 aliphatic carbocycles. The Morgan fingerprint density at radius 2 is 2.09 bits per heavy atom. The van der Waals surface area contributed by atoms with Gasteiger partial charge in [0.1, 0.15) is 4.90 Å². The van der Waals surface area contributed by atoms with Crippen LogP contribution in [0.5, 0.6) is 0 Å². The number of hydrogen-bond donors (Lipinski definition) is 0. The van der Waals surface area contributed by atoms with Crippen molar-refractivity contribution in [2.75, 3.05) is 19.8 Å². The lowest BCUT2D eigenvalue weighted by Crippen LogP contribution is -2.48. The van der Waals surface area contributed by atoms with E-state index in [1.807, 2.05) is 0 Å². The van der Waals surface area contributed by atoms with Crippen LogP contribution < -0.4 is 0 Å². The molecule has 1 saturated heterocycles. The molecule has 0 bridgehead atoms. The van der Waals surface area contributed by atoms with Crippen LogP contribution in [0.1, 0.15) is 12.1 Å². The SMILES string of the molecule is O=S(=O)(c1cccnc1)N1CCOC[C@H]1CCc1cnccn1. The number of pyridine rings is 1.